The van der Waals surface area contributed by atoms with Gasteiger partial charge >= 0.3 is 0 Å². The molecule has 106 valence electrons. The molecular formula is C14H21FN2O2. The van der Waals surface area contributed by atoms with Gasteiger partial charge in [0.25, 0.3) is 0 Å². The lowest BCUT2D eigenvalue weighted by Crippen LogP contribution is -2.41. The fourth-order valence-corrected chi connectivity index (χ4v) is 1.88. The van der Waals surface area contributed by atoms with Crippen LogP contribution in [0.3, 0.4) is 0 Å². The Hall–Kier alpha value is -1.78. The summed E-state index contributed by atoms with van der Waals surface area (Å²) in [7, 11) is 1.41. The van der Waals surface area contributed by atoms with Crippen molar-refractivity contribution in [2.45, 2.75) is 26.8 Å². The first-order valence-corrected chi connectivity index (χ1v) is 6.42. The summed E-state index contributed by atoms with van der Waals surface area (Å²) in [4.78, 5) is 13.8. The van der Waals surface area contributed by atoms with E-state index in [-0.39, 0.29) is 11.7 Å². The maximum Gasteiger partial charge on any atom is 0.244 e. The Bertz CT molecular complexity index is 433. The van der Waals surface area contributed by atoms with Crippen LogP contribution in [0.4, 0.5) is 10.1 Å². The molecule has 0 aliphatic carbocycles. The van der Waals surface area contributed by atoms with Crippen LogP contribution in [-0.4, -0.2) is 37.0 Å². The van der Waals surface area contributed by atoms with Gasteiger partial charge in [-0.05, 0) is 32.9 Å². The van der Waals surface area contributed by atoms with Gasteiger partial charge in [-0.25, -0.2) is 4.39 Å². The smallest absolute Gasteiger partial charge is 0.244 e. The zero-order chi connectivity index (χ0) is 14.4. The van der Waals surface area contributed by atoms with Crippen LogP contribution in [0, 0.1) is 5.82 Å². The molecule has 1 aromatic carbocycles. The van der Waals surface area contributed by atoms with Gasteiger partial charge in [-0.2, -0.15) is 0 Å². The van der Waals surface area contributed by atoms with E-state index < -0.39 is 11.9 Å². The van der Waals surface area contributed by atoms with Crippen molar-refractivity contribution < 1.29 is 13.9 Å². The van der Waals surface area contributed by atoms with E-state index in [2.05, 4.69) is 5.32 Å². The highest BCUT2D eigenvalue weighted by molar-refractivity contribution is 5.84. The number of nitrogens with one attached hydrogen (secondary N) is 1. The highest BCUT2D eigenvalue weighted by Gasteiger charge is 2.18. The number of amides is 1. The van der Waals surface area contributed by atoms with E-state index in [1.165, 1.54) is 19.2 Å². The second kappa shape index (κ2) is 6.97. The van der Waals surface area contributed by atoms with E-state index in [4.69, 9.17) is 4.74 Å². The molecule has 1 unspecified atom stereocenters. The van der Waals surface area contributed by atoms with Crippen LogP contribution in [0.5, 0.6) is 5.75 Å². The third-order valence-electron chi connectivity index (χ3n) is 2.98. The Balaban J connectivity index is 2.74. The molecule has 0 fully saturated rings. The number of halogens is 1. The number of hydrogen-bond acceptors (Lipinski definition) is 3. The molecule has 0 spiro atoms. The van der Waals surface area contributed by atoms with Crippen LogP contribution in [0.25, 0.3) is 0 Å². The van der Waals surface area contributed by atoms with Gasteiger partial charge in [-0.3, -0.25) is 4.79 Å². The summed E-state index contributed by atoms with van der Waals surface area (Å²) in [5.41, 5.74) is 0.561. The Morgan fingerprint density at radius 2 is 2.05 bits per heavy atom. The van der Waals surface area contributed by atoms with E-state index in [0.717, 1.165) is 0 Å². The molecule has 1 atom stereocenters. The number of carbonyl (C=O) groups is 1. The van der Waals surface area contributed by atoms with Gasteiger partial charge in [-0.15, -0.1) is 0 Å². The van der Waals surface area contributed by atoms with Crippen LogP contribution < -0.4 is 10.1 Å². The second-order valence-corrected chi connectivity index (χ2v) is 4.23. The van der Waals surface area contributed by atoms with Crippen LogP contribution in [0.2, 0.25) is 0 Å². The first-order chi connectivity index (χ1) is 9.03. The summed E-state index contributed by atoms with van der Waals surface area (Å²) in [6.07, 6.45) is 0. The molecule has 0 heterocycles. The average molecular weight is 268 g/mol. The van der Waals surface area contributed by atoms with Crippen LogP contribution in [0.15, 0.2) is 18.2 Å². The number of nitrogens with zero attached hydrogens (tertiary/aromatic N) is 1. The van der Waals surface area contributed by atoms with Gasteiger partial charge in [0.1, 0.15) is 6.04 Å². The van der Waals surface area contributed by atoms with E-state index in [0.29, 0.717) is 18.8 Å². The topological polar surface area (TPSA) is 41.6 Å². The Kier molecular flexibility index (Phi) is 5.60. The first kappa shape index (κ1) is 15.3. The quantitative estimate of drug-likeness (QED) is 0.862. The number of likely N-dealkylation sites (N-methyl/N-ethyl adjacent to an activating group) is 1. The first-order valence-electron chi connectivity index (χ1n) is 6.42. The molecule has 4 nitrogen and oxygen atoms in total. The number of ether oxygens (including phenoxy) is 1. The second-order valence-electron chi connectivity index (χ2n) is 4.23. The number of anilines is 1. The molecule has 1 N–H and O–H groups in total. The fourth-order valence-electron chi connectivity index (χ4n) is 1.88. The van der Waals surface area contributed by atoms with Crippen molar-refractivity contribution in [3.63, 3.8) is 0 Å². The zero-order valence-corrected chi connectivity index (χ0v) is 11.9. The van der Waals surface area contributed by atoms with Gasteiger partial charge in [-0.1, -0.05) is 0 Å². The standard InChI is InChI=1S/C14H21FN2O2/c1-5-17(6-2)14(18)10(3)16-11-7-8-13(19-4)12(15)9-11/h7-10,16H,5-6H2,1-4H3. The molecule has 0 radical (unpaired) electrons. The number of benzene rings is 1. The normalized spacial score (nSPS) is 11.8. The number of rotatable bonds is 6. The van der Waals surface area contributed by atoms with Crippen molar-refractivity contribution in [3.05, 3.63) is 24.0 Å². The van der Waals surface area contributed by atoms with E-state index >= 15 is 0 Å². The Morgan fingerprint density at radius 1 is 1.42 bits per heavy atom. The molecule has 0 saturated heterocycles. The fraction of sp³-hybridized carbons (Fsp3) is 0.500. The maximum atomic E-state index is 13.5. The molecule has 0 aliphatic heterocycles. The van der Waals surface area contributed by atoms with Crippen molar-refractivity contribution in [2.24, 2.45) is 0 Å². The lowest BCUT2D eigenvalue weighted by atomic mass is 10.2. The van der Waals surface area contributed by atoms with E-state index in [1.54, 1.807) is 17.9 Å². The van der Waals surface area contributed by atoms with Crippen LogP contribution in [0.1, 0.15) is 20.8 Å². The summed E-state index contributed by atoms with van der Waals surface area (Å²) in [5.74, 6) is -0.260. The lowest BCUT2D eigenvalue weighted by Gasteiger charge is -2.24. The predicted octanol–water partition coefficient (Wildman–Crippen LogP) is 2.50. The number of methoxy groups -OCH3 is 1. The highest BCUT2D eigenvalue weighted by Crippen LogP contribution is 2.21. The third kappa shape index (κ3) is 3.84. The molecule has 0 bridgehead atoms. The molecular weight excluding hydrogens is 247 g/mol. The SMILES string of the molecule is CCN(CC)C(=O)C(C)Nc1ccc(OC)c(F)c1. The van der Waals surface area contributed by atoms with Gasteiger partial charge in [0, 0.05) is 24.8 Å². The van der Waals surface area contributed by atoms with Crippen molar-refractivity contribution in [2.75, 3.05) is 25.5 Å². The van der Waals surface area contributed by atoms with Gasteiger partial charge in [0.2, 0.25) is 5.91 Å². The molecule has 1 aromatic rings. The highest BCUT2D eigenvalue weighted by atomic mass is 19.1. The number of carbonyl (C=O) groups excluding carboxylic acids is 1. The largest absolute Gasteiger partial charge is 0.494 e. The lowest BCUT2D eigenvalue weighted by molar-refractivity contribution is -0.131. The van der Waals surface area contributed by atoms with E-state index in [9.17, 15) is 9.18 Å². The van der Waals surface area contributed by atoms with Gasteiger partial charge < -0.3 is 15.0 Å². The monoisotopic (exact) mass is 268 g/mol. The minimum absolute atomic E-state index is 0.00114. The van der Waals surface area contributed by atoms with Crippen molar-refractivity contribution in [1.82, 2.24) is 4.90 Å². The summed E-state index contributed by atoms with van der Waals surface area (Å²) >= 11 is 0. The molecule has 0 aliphatic rings. The summed E-state index contributed by atoms with van der Waals surface area (Å²) in [6.45, 7) is 6.96. The third-order valence-corrected chi connectivity index (χ3v) is 2.98. The minimum atomic E-state index is -0.449. The summed E-state index contributed by atoms with van der Waals surface area (Å²) in [5, 5.41) is 3.00. The van der Waals surface area contributed by atoms with Crippen molar-refractivity contribution in [1.29, 1.82) is 0 Å². The van der Waals surface area contributed by atoms with E-state index in [1.807, 2.05) is 13.8 Å². The molecule has 1 rings (SSSR count). The van der Waals surface area contributed by atoms with Crippen LogP contribution >= 0.6 is 0 Å². The molecule has 0 saturated carbocycles. The van der Waals surface area contributed by atoms with Crippen molar-refractivity contribution >= 4 is 11.6 Å². The Morgan fingerprint density at radius 3 is 2.53 bits per heavy atom. The van der Waals surface area contributed by atoms with Gasteiger partial charge in [0.15, 0.2) is 11.6 Å². The summed E-state index contributed by atoms with van der Waals surface area (Å²) < 4.78 is 18.4. The predicted molar refractivity (Wildman–Crippen MR) is 74.0 cm³/mol. The Labute approximate surface area is 113 Å². The van der Waals surface area contributed by atoms with Crippen LogP contribution in [-0.2, 0) is 4.79 Å². The average Bonchev–Trinajstić information content (AvgIpc) is 2.40. The molecule has 1 amide bonds. The molecule has 0 aromatic heterocycles. The zero-order valence-electron chi connectivity index (χ0n) is 11.9. The maximum absolute atomic E-state index is 13.5. The number of hydrogen-bond donors (Lipinski definition) is 1. The molecule has 5 heteroatoms. The minimum Gasteiger partial charge on any atom is -0.494 e. The van der Waals surface area contributed by atoms with Gasteiger partial charge in [0.05, 0.1) is 7.11 Å². The summed E-state index contributed by atoms with van der Waals surface area (Å²) in [6, 6.07) is 4.15. The van der Waals surface area contributed by atoms with Crippen molar-refractivity contribution in [3.8, 4) is 5.75 Å². The molecule has 19 heavy (non-hydrogen) atoms.